The molecule has 2 rings (SSSR count). The number of sulfonamides is 1. The van der Waals surface area contributed by atoms with Crippen molar-refractivity contribution in [3.8, 4) is 11.5 Å². The highest BCUT2D eigenvalue weighted by molar-refractivity contribution is 7.89. The van der Waals surface area contributed by atoms with Crippen LogP contribution in [-0.2, 0) is 16.4 Å². The number of aryl methyl sites for hydroxylation is 1. The normalized spacial score (nSPS) is 12.0. The van der Waals surface area contributed by atoms with E-state index in [0.29, 0.717) is 42.8 Å². The van der Waals surface area contributed by atoms with Crippen LogP contribution < -0.4 is 15.2 Å². The number of unbranched alkanes of at least 4 members (excludes halogenated alkanes) is 3. The number of primary sulfonamides is 1. The minimum absolute atomic E-state index is 0.0440. The quantitative estimate of drug-likeness (QED) is 0.382. The van der Waals surface area contributed by atoms with Gasteiger partial charge in [-0.3, -0.25) is 0 Å². The number of hydrogen-bond acceptors (Lipinski definition) is 4. The lowest BCUT2D eigenvalue weighted by Gasteiger charge is -2.18. The van der Waals surface area contributed by atoms with Crippen molar-refractivity contribution >= 4 is 15.7 Å². The lowest BCUT2D eigenvalue weighted by Crippen LogP contribution is -2.15. The molecule has 0 unspecified atom stereocenters. The number of para-hydroxylation sites is 1. The molecule has 0 amide bonds. The average Bonchev–Trinajstić information content (AvgIpc) is 2.68. The summed E-state index contributed by atoms with van der Waals surface area (Å²) in [7, 11) is -4.10. The van der Waals surface area contributed by atoms with E-state index in [1.807, 2.05) is 13.0 Å². The predicted octanol–water partition coefficient (Wildman–Crippen LogP) is 6.00. The molecule has 5 nitrogen and oxygen atoms in total. The number of nitrogens with two attached hydrogens (primary N) is 1. The van der Waals surface area contributed by atoms with Gasteiger partial charge in [-0.15, -0.1) is 0 Å². The summed E-state index contributed by atoms with van der Waals surface area (Å²) in [4.78, 5) is -0.150. The number of anilines is 1. The van der Waals surface area contributed by atoms with Crippen LogP contribution in [0.25, 0.3) is 0 Å². The largest absolute Gasteiger partial charge is 0.454 e. The Morgan fingerprint density at radius 3 is 2.35 bits per heavy atom. The molecule has 9 heteroatoms. The summed E-state index contributed by atoms with van der Waals surface area (Å²) in [6.45, 7) is 2.65. The second-order valence-electron chi connectivity index (χ2n) is 7.39. The molecule has 0 radical (unpaired) electrons. The van der Waals surface area contributed by atoms with Gasteiger partial charge in [0.05, 0.1) is 5.69 Å². The Hall–Kier alpha value is -2.26. The molecule has 0 aromatic heterocycles. The maximum atomic E-state index is 12.3. The highest BCUT2D eigenvalue weighted by atomic mass is 32.2. The summed E-state index contributed by atoms with van der Waals surface area (Å²) in [6, 6.07) is 12.0. The van der Waals surface area contributed by atoms with Gasteiger partial charge in [0.25, 0.3) is 0 Å². The maximum Gasteiger partial charge on any atom is 0.389 e. The third-order valence-corrected chi connectivity index (χ3v) is 5.57. The van der Waals surface area contributed by atoms with Crippen LogP contribution in [-0.4, -0.2) is 21.1 Å². The topological polar surface area (TPSA) is 81.4 Å². The summed E-state index contributed by atoms with van der Waals surface area (Å²) in [5.41, 5.74) is 1.17. The summed E-state index contributed by atoms with van der Waals surface area (Å²) in [6.07, 6.45) is -1.77. The van der Waals surface area contributed by atoms with E-state index in [2.05, 4.69) is 5.32 Å². The molecule has 2 aromatic rings. The van der Waals surface area contributed by atoms with Crippen molar-refractivity contribution in [1.29, 1.82) is 0 Å². The molecule has 0 heterocycles. The molecule has 31 heavy (non-hydrogen) atoms. The fraction of sp³-hybridized carbons (Fsp3) is 0.455. The molecule has 172 valence electrons. The lowest BCUT2D eigenvalue weighted by molar-refractivity contribution is -0.135. The molecule has 0 fully saturated rings. The number of nitrogens with one attached hydrogen (secondary N) is 1. The molecule has 0 spiro atoms. The Labute approximate surface area is 181 Å². The maximum absolute atomic E-state index is 12.3. The van der Waals surface area contributed by atoms with Crippen molar-refractivity contribution in [2.75, 3.05) is 11.9 Å². The summed E-state index contributed by atoms with van der Waals surface area (Å²) in [5, 5.41) is 8.68. The number of alkyl halides is 3. The summed E-state index contributed by atoms with van der Waals surface area (Å²) in [5.74, 6) is 0.580. The van der Waals surface area contributed by atoms with E-state index in [1.165, 1.54) is 6.07 Å². The predicted molar refractivity (Wildman–Crippen MR) is 116 cm³/mol. The SMILES string of the molecule is CCCCNc1cc(CCCCCC(F)(F)F)cc(S(N)(=O)=O)c1Oc1ccccc1. The van der Waals surface area contributed by atoms with Crippen LogP contribution in [0.3, 0.4) is 0 Å². The lowest BCUT2D eigenvalue weighted by atomic mass is 10.0. The van der Waals surface area contributed by atoms with Crippen molar-refractivity contribution in [1.82, 2.24) is 0 Å². The first-order valence-corrected chi connectivity index (χ1v) is 11.9. The molecule has 0 aliphatic heterocycles. The molecular formula is C22H29F3N2O3S. The van der Waals surface area contributed by atoms with Gasteiger partial charge >= 0.3 is 6.18 Å². The smallest absolute Gasteiger partial charge is 0.389 e. The second-order valence-corrected chi connectivity index (χ2v) is 8.92. The van der Waals surface area contributed by atoms with Gasteiger partial charge in [0.2, 0.25) is 10.0 Å². The fourth-order valence-corrected chi connectivity index (χ4v) is 3.81. The van der Waals surface area contributed by atoms with E-state index in [4.69, 9.17) is 9.88 Å². The summed E-state index contributed by atoms with van der Waals surface area (Å²) >= 11 is 0. The van der Waals surface area contributed by atoms with Gasteiger partial charge in [-0.1, -0.05) is 38.0 Å². The first kappa shape index (κ1) is 25.0. The van der Waals surface area contributed by atoms with Crippen LogP contribution in [0.4, 0.5) is 18.9 Å². The number of rotatable bonds is 12. The van der Waals surface area contributed by atoms with Gasteiger partial charge in [0, 0.05) is 13.0 Å². The van der Waals surface area contributed by atoms with Gasteiger partial charge in [0.1, 0.15) is 10.6 Å². The molecule has 0 saturated heterocycles. The molecule has 0 saturated carbocycles. The van der Waals surface area contributed by atoms with E-state index in [1.54, 1.807) is 30.3 Å². The Bertz CT molecular complexity index is 933. The van der Waals surface area contributed by atoms with Gasteiger partial charge in [-0.2, -0.15) is 13.2 Å². The molecule has 2 aromatic carbocycles. The van der Waals surface area contributed by atoms with Crippen molar-refractivity contribution < 1.29 is 26.3 Å². The molecule has 0 atom stereocenters. The highest BCUT2D eigenvalue weighted by Crippen LogP contribution is 2.37. The van der Waals surface area contributed by atoms with Crippen molar-refractivity contribution in [2.24, 2.45) is 5.14 Å². The molecular weight excluding hydrogens is 429 g/mol. The number of benzene rings is 2. The standard InChI is InChI=1S/C22H29F3N2O3S/c1-2-3-14-27-19-15-17(10-6-5-9-13-22(23,24)25)16-20(31(26,28)29)21(19)30-18-11-7-4-8-12-18/h4,7-8,11-12,15-16,27H,2-3,5-6,9-10,13-14H2,1H3,(H2,26,28,29). The van der Waals surface area contributed by atoms with Crippen LogP contribution in [0.5, 0.6) is 11.5 Å². The minimum Gasteiger partial charge on any atom is -0.454 e. The van der Waals surface area contributed by atoms with Gasteiger partial charge < -0.3 is 10.1 Å². The monoisotopic (exact) mass is 458 g/mol. The zero-order chi connectivity index (χ0) is 22.9. The molecule has 0 bridgehead atoms. The third-order valence-electron chi connectivity index (χ3n) is 4.66. The van der Waals surface area contributed by atoms with E-state index >= 15 is 0 Å². The van der Waals surface area contributed by atoms with Crippen LogP contribution >= 0.6 is 0 Å². The van der Waals surface area contributed by atoms with Gasteiger partial charge in [0.15, 0.2) is 5.75 Å². The van der Waals surface area contributed by atoms with E-state index in [0.717, 1.165) is 12.8 Å². The zero-order valence-corrected chi connectivity index (χ0v) is 18.4. The Morgan fingerprint density at radius 1 is 1.03 bits per heavy atom. The van der Waals surface area contributed by atoms with E-state index in [-0.39, 0.29) is 17.1 Å². The van der Waals surface area contributed by atoms with Crippen LogP contribution in [0.15, 0.2) is 47.4 Å². The Balaban J connectivity index is 2.29. The van der Waals surface area contributed by atoms with Crippen LogP contribution in [0, 0.1) is 0 Å². The number of hydrogen-bond donors (Lipinski definition) is 2. The average molecular weight is 459 g/mol. The van der Waals surface area contributed by atoms with Crippen LogP contribution in [0.1, 0.15) is 51.0 Å². The number of ether oxygens (including phenoxy) is 1. The van der Waals surface area contributed by atoms with Gasteiger partial charge in [-0.25, -0.2) is 13.6 Å². The minimum atomic E-state index is -4.16. The third kappa shape index (κ3) is 8.78. The van der Waals surface area contributed by atoms with E-state index < -0.39 is 22.6 Å². The van der Waals surface area contributed by atoms with Crippen molar-refractivity contribution in [2.45, 2.75) is 62.9 Å². The molecule has 0 aliphatic carbocycles. The first-order chi connectivity index (χ1) is 14.6. The zero-order valence-electron chi connectivity index (χ0n) is 17.5. The second kappa shape index (κ2) is 11.4. The number of halogens is 3. The van der Waals surface area contributed by atoms with Gasteiger partial charge in [-0.05, 0) is 55.5 Å². The van der Waals surface area contributed by atoms with Crippen molar-refractivity contribution in [3.63, 3.8) is 0 Å². The highest BCUT2D eigenvalue weighted by Gasteiger charge is 2.26. The Morgan fingerprint density at radius 2 is 1.74 bits per heavy atom. The Kier molecular flexibility index (Phi) is 9.18. The van der Waals surface area contributed by atoms with E-state index in [9.17, 15) is 21.6 Å². The fourth-order valence-electron chi connectivity index (χ4n) is 3.09. The summed E-state index contributed by atoms with van der Waals surface area (Å²) < 4.78 is 67.4. The van der Waals surface area contributed by atoms with Crippen LogP contribution in [0.2, 0.25) is 0 Å². The molecule has 0 aliphatic rings. The molecule has 3 N–H and O–H groups in total. The first-order valence-electron chi connectivity index (χ1n) is 10.3. The van der Waals surface area contributed by atoms with Crippen molar-refractivity contribution in [3.05, 3.63) is 48.0 Å².